The summed E-state index contributed by atoms with van der Waals surface area (Å²) in [6.45, 7) is 2.10. The molecule has 0 aliphatic carbocycles. The number of nitrogens with one attached hydrogen (secondary N) is 1. The Labute approximate surface area is 110 Å². The predicted octanol–water partition coefficient (Wildman–Crippen LogP) is 1.87. The SMILES string of the molecule is CC(O)CCCNc1cc([N+](=O)[O-])ccc1C(=O)O. The van der Waals surface area contributed by atoms with Gasteiger partial charge in [0.1, 0.15) is 0 Å². The fourth-order valence-electron chi connectivity index (χ4n) is 1.60. The molecule has 7 heteroatoms. The number of aliphatic hydroxyl groups is 1. The second-order valence-corrected chi connectivity index (χ2v) is 4.21. The summed E-state index contributed by atoms with van der Waals surface area (Å²) in [4.78, 5) is 21.1. The number of carboxylic acids is 1. The summed E-state index contributed by atoms with van der Waals surface area (Å²) in [5, 5.41) is 31.6. The molecule has 1 unspecified atom stereocenters. The van der Waals surface area contributed by atoms with Gasteiger partial charge in [-0.1, -0.05) is 0 Å². The van der Waals surface area contributed by atoms with Crippen molar-refractivity contribution in [1.29, 1.82) is 0 Å². The van der Waals surface area contributed by atoms with Crippen molar-refractivity contribution in [3.05, 3.63) is 33.9 Å². The van der Waals surface area contributed by atoms with Crippen molar-refractivity contribution in [3.63, 3.8) is 0 Å². The molecule has 0 fully saturated rings. The Morgan fingerprint density at radius 1 is 1.53 bits per heavy atom. The van der Waals surface area contributed by atoms with Gasteiger partial charge in [0.2, 0.25) is 0 Å². The Morgan fingerprint density at radius 3 is 2.74 bits per heavy atom. The minimum absolute atomic E-state index is 0.0114. The van der Waals surface area contributed by atoms with E-state index in [1.165, 1.54) is 12.1 Å². The van der Waals surface area contributed by atoms with Crippen LogP contribution in [0.1, 0.15) is 30.1 Å². The smallest absolute Gasteiger partial charge is 0.337 e. The van der Waals surface area contributed by atoms with E-state index in [9.17, 15) is 14.9 Å². The highest BCUT2D eigenvalue weighted by Crippen LogP contribution is 2.22. The van der Waals surface area contributed by atoms with Crippen molar-refractivity contribution in [2.75, 3.05) is 11.9 Å². The first-order valence-corrected chi connectivity index (χ1v) is 5.85. The van der Waals surface area contributed by atoms with Crippen LogP contribution in [-0.2, 0) is 0 Å². The number of nitro benzene ring substituents is 1. The largest absolute Gasteiger partial charge is 0.478 e. The normalized spacial score (nSPS) is 11.9. The number of benzene rings is 1. The molecule has 0 radical (unpaired) electrons. The first-order chi connectivity index (χ1) is 8.91. The van der Waals surface area contributed by atoms with E-state index in [1.807, 2.05) is 0 Å². The molecule has 0 bridgehead atoms. The molecule has 0 saturated carbocycles. The van der Waals surface area contributed by atoms with E-state index < -0.39 is 17.0 Å². The average Bonchev–Trinajstić information content (AvgIpc) is 2.33. The van der Waals surface area contributed by atoms with Crippen LogP contribution in [0.4, 0.5) is 11.4 Å². The molecule has 1 aromatic carbocycles. The van der Waals surface area contributed by atoms with Crippen molar-refractivity contribution < 1.29 is 19.9 Å². The van der Waals surface area contributed by atoms with Gasteiger partial charge in [-0.15, -0.1) is 0 Å². The van der Waals surface area contributed by atoms with Crippen molar-refractivity contribution in [2.24, 2.45) is 0 Å². The third-order valence-corrected chi connectivity index (χ3v) is 2.56. The number of anilines is 1. The van der Waals surface area contributed by atoms with Crippen molar-refractivity contribution in [3.8, 4) is 0 Å². The molecule has 104 valence electrons. The highest BCUT2D eigenvalue weighted by Gasteiger charge is 2.14. The standard InChI is InChI=1S/C12H16N2O5/c1-8(15)3-2-6-13-11-7-9(14(18)19)4-5-10(11)12(16)17/h4-5,7-8,13,15H,2-3,6H2,1H3,(H,16,17). The quantitative estimate of drug-likeness (QED) is 0.395. The zero-order valence-electron chi connectivity index (χ0n) is 10.5. The van der Waals surface area contributed by atoms with Gasteiger partial charge in [0, 0.05) is 18.7 Å². The number of carbonyl (C=O) groups is 1. The molecule has 1 aromatic rings. The van der Waals surface area contributed by atoms with Crippen LogP contribution in [0, 0.1) is 10.1 Å². The summed E-state index contributed by atoms with van der Waals surface area (Å²) in [5.41, 5.74) is 0.0398. The van der Waals surface area contributed by atoms with E-state index in [1.54, 1.807) is 6.92 Å². The molecule has 0 heterocycles. The van der Waals surface area contributed by atoms with Gasteiger partial charge in [0.15, 0.2) is 0 Å². The molecule has 7 nitrogen and oxygen atoms in total. The maximum Gasteiger partial charge on any atom is 0.337 e. The first-order valence-electron chi connectivity index (χ1n) is 5.85. The fourth-order valence-corrected chi connectivity index (χ4v) is 1.60. The highest BCUT2D eigenvalue weighted by molar-refractivity contribution is 5.94. The highest BCUT2D eigenvalue weighted by atomic mass is 16.6. The van der Waals surface area contributed by atoms with E-state index in [2.05, 4.69) is 5.32 Å². The zero-order chi connectivity index (χ0) is 14.4. The average molecular weight is 268 g/mol. The maximum absolute atomic E-state index is 11.0. The summed E-state index contributed by atoms with van der Waals surface area (Å²) in [6.07, 6.45) is 0.787. The monoisotopic (exact) mass is 268 g/mol. The molecule has 1 atom stereocenters. The summed E-state index contributed by atoms with van der Waals surface area (Å²) in [6, 6.07) is 3.56. The Bertz CT molecular complexity index is 473. The van der Waals surface area contributed by atoms with Crippen LogP contribution in [0.15, 0.2) is 18.2 Å². The molecule has 0 aliphatic heterocycles. The second-order valence-electron chi connectivity index (χ2n) is 4.21. The molecule has 0 aliphatic rings. The minimum atomic E-state index is -1.15. The molecule has 0 amide bonds. The number of nitro groups is 1. The van der Waals surface area contributed by atoms with Gasteiger partial charge in [0.25, 0.3) is 5.69 Å². The van der Waals surface area contributed by atoms with Crippen molar-refractivity contribution in [1.82, 2.24) is 0 Å². The van der Waals surface area contributed by atoms with E-state index in [0.717, 1.165) is 6.07 Å². The molecule has 0 aromatic heterocycles. The van der Waals surface area contributed by atoms with Crippen LogP contribution in [-0.4, -0.2) is 33.8 Å². The molecular weight excluding hydrogens is 252 g/mol. The summed E-state index contributed by atoms with van der Waals surface area (Å²) < 4.78 is 0. The van der Waals surface area contributed by atoms with E-state index in [4.69, 9.17) is 10.2 Å². The van der Waals surface area contributed by atoms with Crippen LogP contribution < -0.4 is 5.32 Å². The zero-order valence-corrected chi connectivity index (χ0v) is 10.5. The summed E-state index contributed by atoms with van der Waals surface area (Å²) in [7, 11) is 0. The van der Waals surface area contributed by atoms with Crippen LogP contribution in [0.25, 0.3) is 0 Å². The lowest BCUT2D eigenvalue weighted by Crippen LogP contribution is -2.10. The number of hydrogen-bond acceptors (Lipinski definition) is 5. The lowest BCUT2D eigenvalue weighted by Gasteiger charge is -2.10. The summed E-state index contributed by atoms with van der Waals surface area (Å²) >= 11 is 0. The van der Waals surface area contributed by atoms with E-state index in [0.29, 0.717) is 19.4 Å². The van der Waals surface area contributed by atoms with Crippen LogP contribution in [0.5, 0.6) is 0 Å². The van der Waals surface area contributed by atoms with Crippen LogP contribution in [0.3, 0.4) is 0 Å². The van der Waals surface area contributed by atoms with Crippen molar-refractivity contribution in [2.45, 2.75) is 25.9 Å². The Morgan fingerprint density at radius 2 is 2.21 bits per heavy atom. The van der Waals surface area contributed by atoms with Gasteiger partial charge >= 0.3 is 5.97 Å². The molecule has 19 heavy (non-hydrogen) atoms. The number of non-ortho nitro benzene ring substituents is 1. The molecule has 1 rings (SSSR count). The van der Waals surface area contributed by atoms with Gasteiger partial charge in [-0.25, -0.2) is 4.79 Å². The number of hydrogen-bond donors (Lipinski definition) is 3. The van der Waals surface area contributed by atoms with Gasteiger partial charge in [-0.05, 0) is 25.8 Å². The van der Waals surface area contributed by atoms with Gasteiger partial charge in [-0.2, -0.15) is 0 Å². The predicted molar refractivity (Wildman–Crippen MR) is 69.5 cm³/mol. The Kier molecular flexibility index (Phi) is 5.25. The Balaban J connectivity index is 2.80. The van der Waals surface area contributed by atoms with E-state index >= 15 is 0 Å². The molecule has 0 spiro atoms. The Hall–Kier alpha value is -2.15. The minimum Gasteiger partial charge on any atom is -0.478 e. The second kappa shape index (κ2) is 6.69. The van der Waals surface area contributed by atoms with Gasteiger partial charge in [0.05, 0.1) is 22.3 Å². The third kappa shape index (κ3) is 4.55. The van der Waals surface area contributed by atoms with Crippen LogP contribution in [0.2, 0.25) is 0 Å². The van der Waals surface area contributed by atoms with E-state index in [-0.39, 0.29) is 16.9 Å². The number of aliphatic hydroxyl groups excluding tert-OH is 1. The molecule has 0 saturated heterocycles. The number of rotatable bonds is 7. The number of nitrogens with zero attached hydrogens (tertiary/aromatic N) is 1. The lowest BCUT2D eigenvalue weighted by atomic mass is 10.1. The van der Waals surface area contributed by atoms with Gasteiger partial charge < -0.3 is 15.5 Å². The molecular formula is C12H16N2O5. The van der Waals surface area contributed by atoms with Gasteiger partial charge in [-0.3, -0.25) is 10.1 Å². The first kappa shape index (κ1) is 14.9. The van der Waals surface area contributed by atoms with Crippen molar-refractivity contribution >= 4 is 17.3 Å². The third-order valence-electron chi connectivity index (χ3n) is 2.56. The lowest BCUT2D eigenvalue weighted by molar-refractivity contribution is -0.384. The molecule has 3 N–H and O–H groups in total. The number of aromatic carboxylic acids is 1. The fraction of sp³-hybridized carbons (Fsp3) is 0.417. The topological polar surface area (TPSA) is 113 Å². The number of carboxylic acid groups (broad SMARTS) is 1. The summed E-state index contributed by atoms with van der Waals surface area (Å²) in [5.74, 6) is -1.15. The van der Waals surface area contributed by atoms with Crippen LogP contribution >= 0.6 is 0 Å². The maximum atomic E-state index is 11.0.